The zero-order chi connectivity index (χ0) is 12.0. The van der Waals surface area contributed by atoms with Gasteiger partial charge in [0.15, 0.2) is 9.84 Å². The second-order valence-corrected chi connectivity index (χ2v) is 7.23. The Labute approximate surface area is 104 Å². The predicted molar refractivity (Wildman–Crippen MR) is 67.0 cm³/mol. The van der Waals surface area contributed by atoms with Crippen molar-refractivity contribution in [2.24, 2.45) is 5.73 Å². The van der Waals surface area contributed by atoms with Crippen LogP contribution in [0.5, 0.6) is 0 Å². The molecule has 5 heteroatoms. The van der Waals surface area contributed by atoms with Crippen molar-refractivity contribution >= 4 is 25.8 Å². The van der Waals surface area contributed by atoms with Crippen LogP contribution in [0, 0.1) is 0 Å². The third-order valence-corrected chi connectivity index (χ3v) is 4.92. The number of sulfone groups is 1. The van der Waals surface area contributed by atoms with E-state index in [1.807, 2.05) is 6.07 Å². The summed E-state index contributed by atoms with van der Waals surface area (Å²) in [6, 6.07) is 5.20. The summed E-state index contributed by atoms with van der Waals surface area (Å²) < 4.78 is 24.2. The Morgan fingerprint density at radius 3 is 2.44 bits per heavy atom. The summed E-state index contributed by atoms with van der Waals surface area (Å²) in [7, 11) is -3.23. The van der Waals surface area contributed by atoms with E-state index in [0.717, 1.165) is 29.3 Å². The number of rotatable bonds is 2. The first-order chi connectivity index (χ1) is 7.34. The Bertz CT molecular complexity index is 521. The largest absolute Gasteiger partial charge is 0.321 e. The van der Waals surface area contributed by atoms with Gasteiger partial charge in [-0.1, -0.05) is 22.0 Å². The number of halogens is 1. The normalized spacial score (nSPS) is 19.2. The Morgan fingerprint density at radius 1 is 1.38 bits per heavy atom. The quantitative estimate of drug-likeness (QED) is 0.911. The molecule has 1 aromatic carbocycles. The Morgan fingerprint density at radius 2 is 2.00 bits per heavy atom. The average molecular weight is 304 g/mol. The SMILES string of the molecule is CS(=O)(=O)c1cccc(Br)c1C1(N)CCC1. The minimum absolute atomic E-state index is 0.351. The van der Waals surface area contributed by atoms with E-state index in [2.05, 4.69) is 15.9 Å². The first-order valence-corrected chi connectivity index (χ1v) is 7.81. The van der Waals surface area contributed by atoms with Crippen LogP contribution in [0.15, 0.2) is 27.6 Å². The van der Waals surface area contributed by atoms with Gasteiger partial charge in [0.2, 0.25) is 0 Å². The number of nitrogens with two attached hydrogens (primary N) is 1. The van der Waals surface area contributed by atoms with Gasteiger partial charge in [-0.2, -0.15) is 0 Å². The van der Waals surface area contributed by atoms with E-state index >= 15 is 0 Å². The van der Waals surface area contributed by atoms with Crippen LogP contribution >= 0.6 is 15.9 Å². The highest BCUT2D eigenvalue weighted by atomic mass is 79.9. The van der Waals surface area contributed by atoms with Crippen LogP contribution in [0.3, 0.4) is 0 Å². The van der Waals surface area contributed by atoms with Gasteiger partial charge in [-0.15, -0.1) is 0 Å². The summed E-state index contributed by atoms with van der Waals surface area (Å²) in [6.07, 6.45) is 3.97. The van der Waals surface area contributed by atoms with Crippen molar-refractivity contribution in [3.05, 3.63) is 28.2 Å². The molecule has 0 amide bonds. The molecule has 3 nitrogen and oxygen atoms in total. The molecular formula is C11H14BrNO2S. The lowest BCUT2D eigenvalue weighted by atomic mass is 9.73. The maximum Gasteiger partial charge on any atom is 0.175 e. The van der Waals surface area contributed by atoms with Gasteiger partial charge in [-0.25, -0.2) is 8.42 Å². The predicted octanol–water partition coefficient (Wildman–Crippen LogP) is 2.19. The maximum atomic E-state index is 11.7. The minimum Gasteiger partial charge on any atom is -0.321 e. The van der Waals surface area contributed by atoms with Crippen molar-refractivity contribution in [3.63, 3.8) is 0 Å². The standard InChI is InChI=1S/C11H14BrNO2S/c1-16(14,15)9-5-2-4-8(12)10(9)11(13)6-3-7-11/h2,4-5H,3,6-7,13H2,1H3. The molecule has 0 aromatic heterocycles. The van der Waals surface area contributed by atoms with E-state index in [1.54, 1.807) is 12.1 Å². The van der Waals surface area contributed by atoms with E-state index in [4.69, 9.17) is 5.73 Å². The molecule has 16 heavy (non-hydrogen) atoms. The number of hydrogen-bond donors (Lipinski definition) is 1. The van der Waals surface area contributed by atoms with Crippen molar-refractivity contribution in [1.82, 2.24) is 0 Å². The van der Waals surface area contributed by atoms with Crippen LogP contribution < -0.4 is 5.73 Å². The molecule has 0 aliphatic heterocycles. The fraction of sp³-hybridized carbons (Fsp3) is 0.455. The average Bonchev–Trinajstić information content (AvgIpc) is 2.12. The highest BCUT2D eigenvalue weighted by Crippen LogP contribution is 2.44. The van der Waals surface area contributed by atoms with Gasteiger partial charge in [0, 0.05) is 21.8 Å². The van der Waals surface area contributed by atoms with Crippen molar-refractivity contribution in [2.75, 3.05) is 6.26 Å². The molecule has 1 aliphatic rings. The maximum absolute atomic E-state index is 11.7. The van der Waals surface area contributed by atoms with Crippen molar-refractivity contribution in [2.45, 2.75) is 29.7 Å². The molecule has 1 fully saturated rings. The van der Waals surface area contributed by atoms with Gasteiger partial charge in [-0.3, -0.25) is 0 Å². The summed E-state index contributed by atoms with van der Waals surface area (Å²) in [4.78, 5) is 0.351. The van der Waals surface area contributed by atoms with E-state index < -0.39 is 15.4 Å². The van der Waals surface area contributed by atoms with Gasteiger partial charge >= 0.3 is 0 Å². The Hall–Kier alpha value is -0.390. The Kier molecular flexibility index (Phi) is 2.88. The summed E-state index contributed by atoms with van der Waals surface area (Å²) in [5, 5.41) is 0. The van der Waals surface area contributed by atoms with Crippen molar-refractivity contribution < 1.29 is 8.42 Å². The molecule has 1 saturated carbocycles. The topological polar surface area (TPSA) is 60.2 Å². The summed E-state index contributed by atoms with van der Waals surface area (Å²) in [6.45, 7) is 0. The van der Waals surface area contributed by atoms with Crippen LogP contribution in [0.1, 0.15) is 24.8 Å². The zero-order valence-electron chi connectivity index (χ0n) is 9.03. The van der Waals surface area contributed by atoms with E-state index in [0.29, 0.717) is 4.90 Å². The number of benzene rings is 1. The highest BCUT2D eigenvalue weighted by molar-refractivity contribution is 9.10. The van der Waals surface area contributed by atoms with E-state index in [-0.39, 0.29) is 0 Å². The van der Waals surface area contributed by atoms with Gasteiger partial charge in [0.1, 0.15) is 0 Å². The second-order valence-electron chi connectivity index (χ2n) is 4.39. The van der Waals surface area contributed by atoms with E-state index in [9.17, 15) is 8.42 Å². The molecule has 0 saturated heterocycles. The van der Waals surface area contributed by atoms with Gasteiger partial charge in [-0.05, 0) is 31.4 Å². The third-order valence-electron chi connectivity index (χ3n) is 3.12. The van der Waals surface area contributed by atoms with Crippen LogP contribution in [0.25, 0.3) is 0 Å². The lowest BCUT2D eigenvalue weighted by molar-refractivity contribution is 0.247. The molecule has 88 valence electrons. The smallest absolute Gasteiger partial charge is 0.175 e. The van der Waals surface area contributed by atoms with Gasteiger partial charge in [0.25, 0.3) is 0 Å². The Balaban J connectivity index is 2.67. The van der Waals surface area contributed by atoms with Crippen LogP contribution in [0.2, 0.25) is 0 Å². The van der Waals surface area contributed by atoms with E-state index in [1.165, 1.54) is 6.26 Å². The van der Waals surface area contributed by atoms with Gasteiger partial charge in [0.05, 0.1) is 4.90 Å². The third kappa shape index (κ3) is 1.92. The zero-order valence-corrected chi connectivity index (χ0v) is 11.4. The molecule has 0 radical (unpaired) electrons. The second kappa shape index (κ2) is 3.82. The molecule has 0 unspecified atom stereocenters. The first kappa shape index (κ1) is 12.1. The van der Waals surface area contributed by atoms with Gasteiger partial charge < -0.3 is 5.73 Å². The molecule has 1 aliphatic carbocycles. The fourth-order valence-electron chi connectivity index (χ4n) is 2.10. The molecule has 2 rings (SSSR count). The summed E-state index contributed by atoms with van der Waals surface area (Å²) >= 11 is 3.41. The lowest BCUT2D eigenvalue weighted by Crippen LogP contribution is -2.44. The van der Waals surface area contributed by atoms with Crippen molar-refractivity contribution in [1.29, 1.82) is 0 Å². The molecule has 0 spiro atoms. The fourth-order valence-corrected chi connectivity index (χ4v) is 4.01. The summed E-state index contributed by atoms with van der Waals surface area (Å²) in [5.74, 6) is 0. The summed E-state index contributed by atoms with van der Waals surface area (Å²) in [5.41, 5.74) is 6.49. The molecule has 1 aromatic rings. The first-order valence-electron chi connectivity index (χ1n) is 5.12. The molecule has 0 heterocycles. The molecular weight excluding hydrogens is 290 g/mol. The van der Waals surface area contributed by atoms with Crippen LogP contribution in [-0.2, 0) is 15.4 Å². The van der Waals surface area contributed by atoms with Crippen LogP contribution in [-0.4, -0.2) is 14.7 Å². The van der Waals surface area contributed by atoms with Crippen molar-refractivity contribution in [3.8, 4) is 0 Å². The monoisotopic (exact) mass is 303 g/mol. The highest BCUT2D eigenvalue weighted by Gasteiger charge is 2.39. The molecule has 2 N–H and O–H groups in total. The minimum atomic E-state index is -3.23. The lowest BCUT2D eigenvalue weighted by Gasteiger charge is -2.40. The molecule has 0 atom stereocenters. The molecule has 0 bridgehead atoms. The van der Waals surface area contributed by atoms with Crippen LogP contribution in [0.4, 0.5) is 0 Å². The number of hydrogen-bond acceptors (Lipinski definition) is 3.